The van der Waals surface area contributed by atoms with Crippen LogP contribution in [0.4, 0.5) is 15.9 Å². The average molecular weight is 516 g/mol. The summed E-state index contributed by atoms with van der Waals surface area (Å²) in [4.78, 5) is 23.1. The fraction of sp³-hybridized carbons (Fsp3) is 0.320. The quantitative estimate of drug-likeness (QED) is 0.325. The molecule has 0 atom stereocenters. The lowest BCUT2D eigenvalue weighted by Gasteiger charge is -2.22. The zero-order valence-corrected chi connectivity index (χ0v) is 20.3. The maximum absolute atomic E-state index is 14.6. The lowest BCUT2D eigenvalue weighted by Crippen LogP contribution is -2.32. The lowest BCUT2D eigenvalue weighted by molar-refractivity contribution is -0.116. The molecular formula is C25H27ClFN5O4. The van der Waals surface area contributed by atoms with E-state index in [1.165, 1.54) is 24.4 Å². The van der Waals surface area contributed by atoms with E-state index in [1.807, 2.05) is 0 Å². The highest BCUT2D eigenvalue weighted by Gasteiger charge is 2.21. The number of carbonyl (C=O) groups excluding carboxylic acids is 1. The van der Waals surface area contributed by atoms with Crippen molar-refractivity contribution in [2.75, 3.05) is 56.6 Å². The Balaban J connectivity index is 1.60. The first kappa shape index (κ1) is 25.8. The van der Waals surface area contributed by atoms with Crippen LogP contribution in [0.2, 0.25) is 5.02 Å². The third-order valence-electron chi connectivity index (χ3n) is 5.64. The van der Waals surface area contributed by atoms with Gasteiger partial charge in [0, 0.05) is 54.0 Å². The topological polar surface area (TPSA) is 120 Å². The molecule has 1 aliphatic heterocycles. The Labute approximate surface area is 212 Å². The Bertz CT molecular complexity index is 1220. The van der Waals surface area contributed by atoms with E-state index in [1.54, 1.807) is 23.2 Å². The number of anilines is 2. The zero-order valence-electron chi connectivity index (χ0n) is 19.5. The van der Waals surface area contributed by atoms with Gasteiger partial charge in [-0.15, -0.1) is 0 Å². The van der Waals surface area contributed by atoms with Crippen molar-refractivity contribution in [1.29, 1.82) is 0 Å². The second-order valence-corrected chi connectivity index (χ2v) is 8.62. The lowest BCUT2D eigenvalue weighted by atomic mass is 10.0. The number of fused-ring (bicyclic) bond motifs is 1. The number of nitrogens with zero attached hydrogens (tertiary/aromatic N) is 3. The molecule has 4 N–H and O–H groups in total. The molecule has 2 aromatic heterocycles. The Hall–Kier alpha value is -3.31. The average Bonchev–Trinajstić information content (AvgIpc) is 2.88. The molecule has 190 valence electrons. The number of hydrogen-bond donors (Lipinski definition) is 4. The van der Waals surface area contributed by atoms with E-state index < -0.39 is 5.82 Å². The van der Waals surface area contributed by atoms with Crippen LogP contribution in [0.5, 0.6) is 5.75 Å². The number of benzene rings is 1. The van der Waals surface area contributed by atoms with Crippen molar-refractivity contribution in [1.82, 2.24) is 14.9 Å². The molecule has 0 saturated heterocycles. The smallest absolute Gasteiger partial charge is 0.225 e. The number of amides is 1. The van der Waals surface area contributed by atoms with Gasteiger partial charge in [0.1, 0.15) is 12.4 Å². The highest BCUT2D eigenvalue weighted by Crippen LogP contribution is 2.41. The van der Waals surface area contributed by atoms with E-state index in [0.29, 0.717) is 71.9 Å². The number of aliphatic hydroxyl groups excluding tert-OH is 2. The van der Waals surface area contributed by atoms with Crippen LogP contribution in [-0.2, 0) is 4.79 Å². The molecule has 36 heavy (non-hydrogen) atoms. The number of pyridine rings is 2. The van der Waals surface area contributed by atoms with Crippen molar-refractivity contribution in [3.8, 4) is 28.1 Å². The Morgan fingerprint density at radius 3 is 2.72 bits per heavy atom. The zero-order chi connectivity index (χ0) is 25.5. The molecule has 4 rings (SSSR count). The third kappa shape index (κ3) is 6.27. The van der Waals surface area contributed by atoms with Gasteiger partial charge in [-0.05, 0) is 30.3 Å². The van der Waals surface area contributed by atoms with Gasteiger partial charge < -0.3 is 25.6 Å². The van der Waals surface area contributed by atoms with Crippen molar-refractivity contribution in [2.45, 2.75) is 6.42 Å². The summed E-state index contributed by atoms with van der Waals surface area (Å²) < 4.78 is 20.5. The second-order valence-electron chi connectivity index (χ2n) is 8.18. The van der Waals surface area contributed by atoms with Gasteiger partial charge in [-0.1, -0.05) is 11.6 Å². The second kappa shape index (κ2) is 12.1. The summed E-state index contributed by atoms with van der Waals surface area (Å²) in [5.41, 5.74) is 2.41. The van der Waals surface area contributed by atoms with Gasteiger partial charge in [0.15, 0.2) is 11.6 Å². The SMILES string of the molecule is O=C(CCN(CCO)CCO)Nc1cncc(-c2cc(-c3cc(Cl)ccc3F)nc3c2OCCN3)c1. The fourth-order valence-electron chi connectivity index (χ4n) is 3.92. The summed E-state index contributed by atoms with van der Waals surface area (Å²) in [5, 5.41) is 24.7. The number of ether oxygens (including phenoxy) is 1. The molecule has 1 aliphatic rings. The van der Waals surface area contributed by atoms with Crippen LogP contribution >= 0.6 is 11.6 Å². The number of hydrogen-bond acceptors (Lipinski definition) is 8. The van der Waals surface area contributed by atoms with Crippen LogP contribution in [0.1, 0.15) is 6.42 Å². The van der Waals surface area contributed by atoms with Crippen molar-refractivity contribution in [3.63, 3.8) is 0 Å². The summed E-state index contributed by atoms with van der Waals surface area (Å²) in [6.45, 7) is 2.03. The van der Waals surface area contributed by atoms with E-state index in [0.717, 1.165) is 0 Å². The minimum absolute atomic E-state index is 0.0537. The Morgan fingerprint density at radius 1 is 1.14 bits per heavy atom. The molecule has 0 aliphatic carbocycles. The van der Waals surface area contributed by atoms with Gasteiger partial charge in [0.2, 0.25) is 5.91 Å². The largest absolute Gasteiger partial charge is 0.487 e. The van der Waals surface area contributed by atoms with E-state index in [2.05, 4.69) is 20.6 Å². The molecule has 0 radical (unpaired) electrons. The van der Waals surface area contributed by atoms with Crippen LogP contribution < -0.4 is 15.4 Å². The molecule has 1 amide bonds. The van der Waals surface area contributed by atoms with E-state index in [-0.39, 0.29) is 31.1 Å². The van der Waals surface area contributed by atoms with Crippen LogP contribution in [-0.4, -0.2) is 77.0 Å². The van der Waals surface area contributed by atoms with Crippen molar-refractivity contribution in [2.24, 2.45) is 0 Å². The van der Waals surface area contributed by atoms with Gasteiger partial charge in [-0.3, -0.25) is 14.7 Å². The van der Waals surface area contributed by atoms with Crippen molar-refractivity contribution in [3.05, 3.63) is 53.6 Å². The number of halogens is 2. The molecule has 0 bridgehead atoms. The molecule has 0 unspecified atom stereocenters. The number of aliphatic hydroxyl groups is 2. The third-order valence-corrected chi connectivity index (χ3v) is 5.87. The first-order valence-electron chi connectivity index (χ1n) is 11.5. The van der Waals surface area contributed by atoms with Crippen LogP contribution in [0.25, 0.3) is 22.4 Å². The van der Waals surface area contributed by atoms with Gasteiger partial charge in [-0.25, -0.2) is 9.37 Å². The Kier molecular flexibility index (Phi) is 8.65. The molecule has 0 spiro atoms. The number of nitrogens with one attached hydrogen (secondary N) is 2. The molecule has 9 nitrogen and oxygen atoms in total. The van der Waals surface area contributed by atoms with Crippen LogP contribution in [0.15, 0.2) is 42.7 Å². The molecule has 3 heterocycles. The van der Waals surface area contributed by atoms with Crippen LogP contribution in [0.3, 0.4) is 0 Å². The van der Waals surface area contributed by atoms with Crippen LogP contribution in [0, 0.1) is 5.82 Å². The van der Waals surface area contributed by atoms with Gasteiger partial charge >= 0.3 is 0 Å². The number of rotatable bonds is 10. The Morgan fingerprint density at radius 2 is 1.94 bits per heavy atom. The number of carbonyl (C=O) groups is 1. The summed E-state index contributed by atoms with van der Waals surface area (Å²) >= 11 is 6.10. The van der Waals surface area contributed by atoms with Gasteiger partial charge in [0.05, 0.1) is 37.3 Å². The standard InChI is InChI=1S/C25H27ClFN5O4/c26-17-1-2-21(27)20(12-17)22-13-19(24-25(31-22)29-4-10-36-24)16-11-18(15-28-14-16)30-23(35)3-5-32(6-8-33)7-9-34/h1-2,11-15,33-34H,3-10H2,(H,29,31)(H,30,35). The van der Waals surface area contributed by atoms with Gasteiger partial charge in [-0.2, -0.15) is 0 Å². The highest BCUT2D eigenvalue weighted by atomic mass is 35.5. The summed E-state index contributed by atoms with van der Waals surface area (Å²) in [5.74, 6) is 0.313. The minimum Gasteiger partial charge on any atom is -0.487 e. The van der Waals surface area contributed by atoms with Crippen molar-refractivity contribution < 1.29 is 24.1 Å². The monoisotopic (exact) mass is 515 g/mol. The normalized spacial score (nSPS) is 12.6. The molecule has 3 aromatic rings. The van der Waals surface area contributed by atoms with E-state index in [9.17, 15) is 9.18 Å². The highest BCUT2D eigenvalue weighted by molar-refractivity contribution is 6.30. The van der Waals surface area contributed by atoms with Gasteiger partial charge in [0.25, 0.3) is 0 Å². The summed E-state index contributed by atoms with van der Waals surface area (Å²) in [6, 6.07) is 7.76. The molecule has 0 saturated carbocycles. The molecule has 0 fully saturated rings. The predicted octanol–water partition coefficient (Wildman–Crippen LogP) is 3.02. The molecule has 1 aromatic carbocycles. The van der Waals surface area contributed by atoms with Crippen molar-refractivity contribution >= 4 is 29.0 Å². The first-order valence-corrected chi connectivity index (χ1v) is 11.9. The summed E-state index contributed by atoms with van der Waals surface area (Å²) in [7, 11) is 0. The van der Waals surface area contributed by atoms with E-state index >= 15 is 0 Å². The summed E-state index contributed by atoms with van der Waals surface area (Å²) in [6.07, 6.45) is 3.34. The fourth-order valence-corrected chi connectivity index (χ4v) is 4.10. The first-order chi connectivity index (χ1) is 17.5. The molecular weight excluding hydrogens is 489 g/mol. The molecule has 11 heteroatoms. The number of aromatic nitrogens is 2. The minimum atomic E-state index is -0.454. The predicted molar refractivity (Wildman–Crippen MR) is 136 cm³/mol. The maximum Gasteiger partial charge on any atom is 0.225 e. The maximum atomic E-state index is 14.6. The van der Waals surface area contributed by atoms with E-state index in [4.69, 9.17) is 26.6 Å².